The Labute approximate surface area is 172 Å². The molecule has 0 aromatic heterocycles. The summed E-state index contributed by atoms with van der Waals surface area (Å²) in [5.41, 5.74) is 1.07. The van der Waals surface area contributed by atoms with Crippen LogP contribution in [-0.2, 0) is 9.84 Å². The minimum absolute atomic E-state index is 0.129. The van der Waals surface area contributed by atoms with Crippen molar-refractivity contribution in [2.45, 2.75) is 29.9 Å². The Bertz CT molecular complexity index is 1030. The Hall–Kier alpha value is -2.92. The number of ketones is 1. The lowest BCUT2D eigenvalue weighted by atomic mass is 10.0. The number of carbonyl (C=O) groups excluding carboxylic acids is 1. The second kappa shape index (κ2) is 9.52. The number of ether oxygens (including phenoxy) is 1. The maximum atomic E-state index is 13.4. The summed E-state index contributed by atoms with van der Waals surface area (Å²) >= 11 is 0. The molecule has 0 bridgehead atoms. The van der Waals surface area contributed by atoms with E-state index in [1.807, 2.05) is 13.0 Å². The molecule has 29 heavy (non-hydrogen) atoms. The first-order valence-electron chi connectivity index (χ1n) is 9.62. The summed E-state index contributed by atoms with van der Waals surface area (Å²) in [7, 11) is -3.75. The van der Waals surface area contributed by atoms with Gasteiger partial charge < -0.3 is 4.74 Å². The molecule has 5 heteroatoms. The van der Waals surface area contributed by atoms with Crippen LogP contribution in [0.2, 0.25) is 0 Å². The van der Waals surface area contributed by atoms with Crippen molar-refractivity contribution in [3.05, 3.63) is 96.1 Å². The summed E-state index contributed by atoms with van der Waals surface area (Å²) in [6, 6.07) is 24.0. The van der Waals surface area contributed by atoms with Gasteiger partial charge in [-0.05, 0) is 36.2 Å². The molecule has 0 saturated carbocycles. The molecule has 0 aliphatic carbocycles. The predicted octanol–water partition coefficient (Wildman–Crippen LogP) is 5.26. The van der Waals surface area contributed by atoms with Gasteiger partial charge in [-0.15, -0.1) is 0 Å². The Kier molecular flexibility index (Phi) is 6.83. The van der Waals surface area contributed by atoms with Crippen molar-refractivity contribution in [1.29, 1.82) is 0 Å². The molecular formula is C24H24O4S. The highest BCUT2D eigenvalue weighted by Crippen LogP contribution is 2.33. The van der Waals surface area contributed by atoms with E-state index in [1.165, 1.54) is 0 Å². The third-order valence-electron chi connectivity index (χ3n) is 4.64. The smallest absolute Gasteiger partial charge is 0.185 e. The van der Waals surface area contributed by atoms with Crippen LogP contribution in [-0.4, -0.2) is 20.8 Å². The lowest BCUT2D eigenvalue weighted by Gasteiger charge is -2.18. The first kappa shape index (κ1) is 20.8. The molecule has 3 aromatic rings. The molecule has 0 fully saturated rings. The van der Waals surface area contributed by atoms with Crippen molar-refractivity contribution in [3.63, 3.8) is 0 Å². The van der Waals surface area contributed by atoms with Gasteiger partial charge in [0.2, 0.25) is 0 Å². The van der Waals surface area contributed by atoms with Crippen molar-refractivity contribution >= 4 is 15.6 Å². The minimum Gasteiger partial charge on any atom is -0.494 e. The van der Waals surface area contributed by atoms with E-state index in [1.54, 1.807) is 78.9 Å². The fourth-order valence-corrected chi connectivity index (χ4v) is 4.84. The predicted molar refractivity (Wildman–Crippen MR) is 114 cm³/mol. The van der Waals surface area contributed by atoms with E-state index < -0.39 is 15.1 Å². The summed E-state index contributed by atoms with van der Waals surface area (Å²) in [5, 5.41) is -0.974. The van der Waals surface area contributed by atoms with Gasteiger partial charge in [0.1, 0.15) is 5.75 Å². The molecule has 0 spiro atoms. The molecule has 0 aliphatic rings. The van der Waals surface area contributed by atoms with Crippen molar-refractivity contribution < 1.29 is 17.9 Å². The lowest BCUT2D eigenvalue weighted by molar-refractivity contribution is 0.0980. The van der Waals surface area contributed by atoms with Gasteiger partial charge in [-0.1, -0.05) is 67.6 Å². The van der Waals surface area contributed by atoms with Crippen LogP contribution < -0.4 is 4.74 Å². The quantitative estimate of drug-likeness (QED) is 0.453. The van der Waals surface area contributed by atoms with Crippen molar-refractivity contribution in [3.8, 4) is 5.75 Å². The molecule has 1 atom stereocenters. The zero-order chi connectivity index (χ0) is 20.7. The Balaban J connectivity index is 1.96. The summed E-state index contributed by atoms with van der Waals surface area (Å²) in [6.07, 6.45) is 0.759. The molecule has 3 aromatic carbocycles. The van der Waals surface area contributed by atoms with Crippen molar-refractivity contribution in [2.75, 3.05) is 6.61 Å². The summed E-state index contributed by atoms with van der Waals surface area (Å²) < 4.78 is 32.3. The van der Waals surface area contributed by atoms with Gasteiger partial charge in [0, 0.05) is 12.0 Å². The molecule has 0 saturated heterocycles. The van der Waals surface area contributed by atoms with E-state index in [4.69, 9.17) is 4.74 Å². The second-order valence-electron chi connectivity index (χ2n) is 6.76. The lowest BCUT2D eigenvalue weighted by Crippen LogP contribution is -2.18. The monoisotopic (exact) mass is 408 g/mol. The molecule has 0 heterocycles. The first-order valence-corrected chi connectivity index (χ1v) is 11.2. The van der Waals surface area contributed by atoms with Crippen LogP contribution in [0.4, 0.5) is 0 Å². The van der Waals surface area contributed by atoms with Gasteiger partial charge in [-0.25, -0.2) is 8.42 Å². The van der Waals surface area contributed by atoms with E-state index in [2.05, 4.69) is 0 Å². The average molecular weight is 409 g/mol. The van der Waals surface area contributed by atoms with Crippen LogP contribution in [0.5, 0.6) is 5.75 Å². The number of sulfone groups is 1. The van der Waals surface area contributed by atoms with Gasteiger partial charge >= 0.3 is 0 Å². The van der Waals surface area contributed by atoms with E-state index >= 15 is 0 Å². The van der Waals surface area contributed by atoms with Crippen LogP contribution in [0, 0.1) is 0 Å². The largest absolute Gasteiger partial charge is 0.494 e. The van der Waals surface area contributed by atoms with Gasteiger partial charge in [0.25, 0.3) is 0 Å². The zero-order valence-corrected chi connectivity index (χ0v) is 17.1. The molecule has 0 radical (unpaired) electrons. The summed E-state index contributed by atoms with van der Waals surface area (Å²) in [4.78, 5) is 13.0. The number of Topliss-reactive ketones (excluding diaryl/α,β-unsaturated/α-hetero) is 1. The van der Waals surface area contributed by atoms with Crippen LogP contribution in [0.1, 0.15) is 40.9 Å². The molecule has 4 nitrogen and oxygen atoms in total. The van der Waals surface area contributed by atoms with Crippen LogP contribution >= 0.6 is 0 Å². The number of rotatable bonds is 9. The number of benzene rings is 3. The highest BCUT2D eigenvalue weighted by Gasteiger charge is 2.31. The maximum Gasteiger partial charge on any atom is 0.185 e. The number of hydrogen-bond donors (Lipinski definition) is 0. The Morgan fingerprint density at radius 3 is 2.03 bits per heavy atom. The van der Waals surface area contributed by atoms with Crippen LogP contribution in [0.3, 0.4) is 0 Å². The third kappa shape index (κ3) is 5.12. The minimum atomic E-state index is -3.75. The molecule has 3 rings (SSSR count). The van der Waals surface area contributed by atoms with Gasteiger partial charge in [-0.3, -0.25) is 4.79 Å². The van der Waals surface area contributed by atoms with E-state index in [0.29, 0.717) is 23.5 Å². The fraction of sp³-hybridized carbons (Fsp3) is 0.208. The SMILES string of the molecule is CCCOc1ccc(C(CC(=O)c2ccccc2)S(=O)(=O)c2ccccc2)cc1. The van der Waals surface area contributed by atoms with Crippen molar-refractivity contribution in [1.82, 2.24) is 0 Å². The topological polar surface area (TPSA) is 60.4 Å². The summed E-state index contributed by atoms with van der Waals surface area (Å²) in [5.74, 6) is 0.474. The van der Waals surface area contributed by atoms with Crippen molar-refractivity contribution in [2.24, 2.45) is 0 Å². The van der Waals surface area contributed by atoms with Crippen LogP contribution in [0.25, 0.3) is 0 Å². The average Bonchev–Trinajstić information content (AvgIpc) is 2.77. The van der Waals surface area contributed by atoms with Gasteiger partial charge in [-0.2, -0.15) is 0 Å². The van der Waals surface area contributed by atoms with Gasteiger partial charge in [0.15, 0.2) is 15.6 Å². The maximum absolute atomic E-state index is 13.4. The second-order valence-corrected chi connectivity index (χ2v) is 8.89. The van der Waals surface area contributed by atoms with E-state index in [0.717, 1.165) is 6.42 Å². The first-order chi connectivity index (χ1) is 14.0. The highest BCUT2D eigenvalue weighted by molar-refractivity contribution is 7.91. The standard InChI is InChI=1S/C24H24O4S/c1-2-17-28-21-15-13-20(14-16-21)24(18-23(25)19-9-5-3-6-10-19)29(26,27)22-11-7-4-8-12-22/h3-16,24H,2,17-18H2,1H3. The van der Waals surface area contributed by atoms with Gasteiger partial charge in [0.05, 0.1) is 16.8 Å². The highest BCUT2D eigenvalue weighted by atomic mass is 32.2. The Morgan fingerprint density at radius 1 is 0.862 bits per heavy atom. The Morgan fingerprint density at radius 2 is 1.45 bits per heavy atom. The fourth-order valence-electron chi connectivity index (χ4n) is 3.09. The number of carbonyl (C=O) groups is 1. The molecule has 0 N–H and O–H groups in total. The third-order valence-corrected chi connectivity index (χ3v) is 6.75. The molecular weight excluding hydrogens is 384 g/mol. The molecule has 0 aliphatic heterocycles. The summed E-state index contributed by atoms with van der Waals surface area (Å²) in [6.45, 7) is 2.61. The molecule has 0 amide bonds. The molecule has 1 unspecified atom stereocenters. The van der Waals surface area contributed by atoms with E-state index in [9.17, 15) is 13.2 Å². The molecule has 150 valence electrons. The van der Waals surface area contributed by atoms with Crippen LogP contribution in [0.15, 0.2) is 89.8 Å². The number of hydrogen-bond acceptors (Lipinski definition) is 4. The normalized spacial score (nSPS) is 12.3. The zero-order valence-electron chi connectivity index (χ0n) is 16.3. The van der Waals surface area contributed by atoms with E-state index in [-0.39, 0.29) is 17.1 Å².